The van der Waals surface area contributed by atoms with Gasteiger partial charge in [-0.15, -0.1) is 0 Å². The molecular weight excluding hydrogens is 338 g/mol. The summed E-state index contributed by atoms with van der Waals surface area (Å²) >= 11 is 0. The fourth-order valence-electron chi connectivity index (χ4n) is 6.94. The van der Waals surface area contributed by atoms with E-state index in [9.17, 15) is 9.59 Å². The molecule has 0 aromatic rings. The van der Waals surface area contributed by atoms with Crippen LogP contribution in [-0.4, -0.2) is 22.9 Å². The van der Waals surface area contributed by atoms with E-state index < -0.39 is 5.60 Å². The van der Waals surface area contributed by atoms with Crippen LogP contribution in [0.3, 0.4) is 0 Å². The van der Waals surface area contributed by atoms with Crippen LogP contribution in [-0.2, 0) is 14.3 Å². The highest BCUT2D eigenvalue weighted by Gasteiger charge is 2.59. The maximum Gasteiger partial charge on any atom is 0.313 e. The van der Waals surface area contributed by atoms with Gasteiger partial charge in [0.25, 0.3) is 0 Å². The number of fused-ring (bicyclic) bond motifs is 5. The number of nitrogens with two attached hydrogens (primary N) is 1. The lowest BCUT2D eigenvalue weighted by atomic mass is 9.47. The molecule has 4 aliphatic carbocycles. The SMILES string of the molecule is CC(C)(C)OC(=O)C1C[C@H]2[C@@H]3CCC[C@@]3(N)CC[C@@H]2[C@@]2(C)CCC(=O)C=C12. The highest BCUT2D eigenvalue weighted by atomic mass is 16.6. The maximum atomic E-state index is 13.2. The molecule has 0 aromatic heterocycles. The first-order valence-corrected chi connectivity index (χ1v) is 10.8. The van der Waals surface area contributed by atoms with Crippen molar-refractivity contribution in [2.45, 2.75) is 90.2 Å². The summed E-state index contributed by atoms with van der Waals surface area (Å²) in [4.78, 5) is 25.4. The molecule has 4 heteroatoms. The predicted molar refractivity (Wildman–Crippen MR) is 105 cm³/mol. The van der Waals surface area contributed by atoms with E-state index in [0.29, 0.717) is 24.2 Å². The third-order valence-electron chi connectivity index (χ3n) is 8.11. The Morgan fingerprint density at radius 2 is 1.93 bits per heavy atom. The van der Waals surface area contributed by atoms with Crippen LogP contribution in [0.2, 0.25) is 0 Å². The summed E-state index contributed by atoms with van der Waals surface area (Å²) in [6, 6.07) is 0. The molecule has 4 rings (SSSR count). The molecule has 4 aliphatic rings. The second-order valence-corrected chi connectivity index (χ2v) is 10.8. The molecule has 3 saturated carbocycles. The summed E-state index contributed by atoms with van der Waals surface area (Å²) in [5.41, 5.74) is 7.28. The van der Waals surface area contributed by atoms with Crippen LogP contribution in [0.25, 0.3) is 0 Å². The quantitative estimate of drug-likeness (QED) is 0.701. The van der Waals surface area contributed by atoms with E-state index in [-0.39, 0.29) is 28.6 Å². The molecule has 27 heavy (non-hydrogen) atoms. The molecule has 0 spiro atoms. The average molecular weight is 374 g/mol. The highest BCUT2D eigenvalue weighted by Crippen LogP contribution is 2.63. The van der Waals surface area contributed by atoms with E-state index in [0.717, 1.165) is 37.7 Å². The van der Waals surface area contributed by atoms with Crippen molar-refractivity contribution >= 4 is 11.8 Å². The minimum atomic E-state index is -0.513. The third kappa shape index (κ3) is 3.08. The number of hydrogen-bond acceptors (Lipinski definition) is 4. The zero-order valence-electron chi connectivity index (χ0n) is 17.3. The first-order chi connectivity index (χ1) is 12.5. The fourth-order valence-corrected chi connectivity index (χ4v) is 6.94. The smallest absolute Gasteiger partial charge is 0.313 e. The Morgan fingerprint density at radius 3 is 2.63 bits per heavy atom. The second-order valence-electron chi connectivity index (χ2n) is 10.8. The Morgan fingerprint density at radius 1 is 1.19 bits per heavy atom. The molecule has 0 amide bonds. The number of ketones is 1. The Hall–Kier alpha value is -1.16. The highest BCUT2D eigenvalue weighted by molar-refractivity contribution is 5.93. The molecule has 4 nitrogen and oxygen atoms in total. The first kappa shape index (κ1) is 19.2. The molecule has 0 aromatic carbocycles. The molecule has 0 saturated heterocycles. The molecule has 150 valence electrons. The van der Waals surface area contributed by atoms with Gasteiger partial charge >= 0.3 is 5.97 Å². The summed E-state index contributed by atoms with van der Waals surface area (Å²) in [7, 11) is 0. The monoisotopic (exact) mass is 373 g/mol. The molecule has 0 heterocycles. The molecule has 2 N–H and O–H groups in total. The molecule has 0 radical (unpaired) electrons. The summed E-state index contributed by atoms with van der Waals surface area (Å²) in [5.74, 6) is 1.24. The van der Waals surface area contributed by atoms with Crippen molar-refractivity contribution in [2.24, 2.45) is 34.8 Å². The van der Waals surface area contributed by atoms with Crippen molar-refractivity contribution in [3.63, 3.8) is 0 Å². The minimum absolute atomic E-state index is 0.0400. The lowest BCUT2D eigenvalue weighted by molar-refractivity contribution is -0.163. The molecular formula is C23H35NO3. The van der Waals surface area contributed by atoms with Gasteiger partial charge in [0.2, 0.25) is 0 Å². The van der Waals surface area contributed by atoms with Gasteiger partial charge in [-0.3, -0.25) is 9.59 Å². The van der Waals surface area contributed by atoms with Crippen LogP contribution in [0, 0.1) is 29.1 Å². The van der Waals surface area contributed by atoms with E-state index in [1.807, 2.05) is 20.8 Å². The largest absolute Gasteiger partial charge is 0.460 e. The van der Waals surface area contributed by atoms with Gasteiger partial charge in [0.1, 0.15) is 5.60 Å². The van der Waals surface area contributed by atoms with Gasteiger partial charge < -0.3 is 10.5 Å². The zero-order chi connectivity index (χ0) is 19.6. The zero-order valence-corrected chi connectivity index (χ0v) is 17.3. The second kappa shape index (κ2) is 6.17. The van der Waals surface area contributed by atoms with Crippen molar-refractivity contribution < 1.29 is 14.3 Å². The predicted octanol–water partition coefficient (Wildman–Crippen LogP) is 4.17. The van der Waals surface area contributed by atoms with Crippen LogP contribution in [0.15, 0.2) is 11.6 Å². The number of carbonyl (C=O) groups is 2. The van der Waals surface area contributed by atoms with Crippen LogP contribution < -0.4 is 5.73 Å². The van der Waals surface area contributed by atoms with Crippen molar-refractivity contribution in [3.05, 3.63) is 11.6 Å². The van der Waals surface area contributed by atoms with Gasteiger partial charge in [-0.05, 0) is 94.1 Å². The van der Waals surface area contributed by atoms with Crippen LogP contribution in [0.4, 0.5) is 0 Å². The summed E-state index contributed by atoms with van der Waals surface area (Å²) in [6.07, 6.45) is 9.80. The van der Waals surface area contributed by atoms with Crippen LogP contribution in [0.1, 0.15) is 79.1 Å². The topological polar surface area (TPSA) is 69.4 Å². The van der Waals surface area contributed by atoms with Crippen molar-refractivity contribution in [2.75, 3.05) is 0 Å². The molecule has 0 bridgehead atoms. The van der Waals surface area contributed by atoms with Gasteiger partial charge in [-0.25, -0.2) is 0 Å². The molecule has 6 atom stereocenters. The van der Waals surface area contributed by atoms with Crippen molar-refractivity contribution in [3.8, 4) is 0 Å². The third-order valence-corrected chi connectivity index (χ3v) is 8.11. The molecule has 3 fully saturated rings. The van der Waals surface area contributed by atoms with Gasteiger partial charge in [-0.2, -0.15) is 0 Å². The summed E-state index contributed by atoms with van der Waals surface area (Å²) in [6.45, 7) is 8.05. The fraction of sp³-hybridized carbons (Fsp3) is 0.826. The average Bonchev–Trinajstić information content (AvgIpc) is 2.95. The molecule has 0 aliphatic heterocycles. The van der Waals surface area contributed by atoms with Gasteiger partial charge in [0.15, 0.2) is 5.78 Å². The number of carbonyl (C=O) groups excluding carboxylic acids is 2. The Labute approximate surface area is 163 Å². The van der Waals surface area contributed by atoms with E-state index >= 15 is 0 Å². The number of ether oxygens (including phenoxy) is 1. The molecule has 1 unspecified atom stereocenters. The van der Waals surface area contributed by atoms with Crippen molar-refractivity contribution in [1.29, 1.82) is 0 Å². The van der Waals surface area contributed by atoms with Gasteiger partial charge in [0.05, 0.1) is 5.92 Å². The Kier molecular flexibility index (Phi) is 4.38. The standard InChI is InChI=1S/C23H35NO3/c1-21(2,3)27-20(26)16-13-15-17(8-11-23(24)9-5-6-18(15)23)22(4)10-7-14(25)12-19(16)22/h12,15-18H,5-11,13,24H2,1-4H3/t15-,16?,17+,18+,22-,23-/m1/s1. The normalized spacial score (nSPS) is 44.0. The maximum absolute atomic E-state index is 13.2. The van der Waals surface area contributed by atoms with Crippen LogP contribution >= 0.6 is 0 Å². The first-order valence-electron chi connectivity index (χ1n) is 10.8. The summed E-state index contributed by atoms with van der Waals surface area (Å²) < 4.78 is 5.80. The minimum Gasteiger partial charge on any atom is -0.460 e. The lowest BCUT2D eigenvalue weighted by Gasteiger charge is -2.58. The van der Waals surface area contributed by atoms with Gasteiger partial charge in [-0.1, -0.05) is 13.3 Å². The van der Waals surface area contributed by atoms with Crippen LogP contribution in [0.5, 0.6) is 0 Å². The van der Waals surface area contributed by atoms with E-state index in [4.69, 9.17) is 10.5 Å². The number of hydrogen-bond donors (Lipinski definition) is 1. The Bertz CT molecular complexity index is 690. The Balaban J connectivity index is 1.73. The van der Waals surface area contributed by atoms with E-state index in [2.05, 4.69) is 6.92 Å². The lowest BCUT2D eigenvalue weighted by Crippen LogP contribution is -2.58. The summed E-state index contributed by atoms with van der Waals surface area (Å²) in [5, 5.41) is 0. The van der Waals surface area contributed by atoms with Crippen molar-refractivity contribution in [1.82, 2.24) is 0 Å². The van der Waals surface area contributed by atoms with E-state index in [1.54, 1.807) is 6.08 Å². The van der Waals surface area contributed by atoms with Gasteiger partial charge in [0, 0.05) is 12.0 Å². The number of rotatable bonds is 1. The number of esters is 1. The van der Waals surface area contributed by atoms with E-state index in [1.165, 1.54) is 12.8 Å².